The number of nitrogens with zero attached hydrogens (tertiary/aromatic N) is 4. The van der Waals surface area contributed by atoms with Gasteiger partial charge in [-0.25, -0.2) is 19.6 Å². The van der Waals surface area contributed by atoms with Crippen LogP contribution in [0.4, 0.5) is 9.59 Å². The molecule has 14 nitrogen and oxygen atoms in total. The van der Waals surface area contributed by atoms with Crippen molar-refractivity contribution in [3.05, 3.63) is 84.7 Å². The van der Waals surface area contributed by atoms with Crippen molar-refractivity contribution >= 4 is 34.8 Å². The average Bonchev–Trinajstić information content (AvgIpc) is 4.08. The quantitative estimate of drug-likeness (QED) is 0.132. The Hall–Kier alpha value is -6.18. The highest BCUT2D eigenvalue weighted by Gasteiger charge is 2.50. The Morgan fingerprint density at radius 2 is 1.29 bits per heavy atom. The maximum atomic E-state index is 13.5. The van der Waals surface area contributed by atoms with Gasteiger partial charge in [0.05, 0.1) is 50.1 Å². The number of hydrogen-bond acceptors (Lipinski definition) is 8. The summed E-state index contributed by atoms with van der Waals surface area (Å²) in [5, 5.41) is 7.39. The van der Waals surface area contributed by atoms with Crippen molar-refractivity contribution in [2.75, 3.05) is 20.8 Å². The fraction of sp³-hybridized carbons (Fsp3) is 0.381. The topological polar surface area (TPSA) is 175 Å². The van der Waals surface area contributed by atoms with Gasteiger partial charge in [0.1, 0.15) is 23.7 Å². The number of H-pyrrole nitrogens is 2. The number of amides is 4. The minimum Gasteiger partial charge on any atom is -0.453 e. The van der Waals surface area contributed by atoms with Gasteiger partial charge in [0, 0.05) is 18.2 Å². The Labute approximate surface area is 324 Å². The first-order valence-corrected chi connectivity index (χ1v) is 19.2. The maximum Gasteiger partial charge on any atom is 0.407 e. The number of hydrogen-bond donors (Lipinski definition) is 4. The van der Waals surface area contributed by atoms with E-state index in [0.717, 1.165) is 88.2 Å². The molecular weight excluding hydrogens is 713 g/mol. The van der Waals surface area contributed by atoms with Crippen molar-refractivity contribution in [2.45, 2.75) is 76.2 Å². The molecule has 0 radical (unpaired) electrons. The smallest absolute Gasteiger partial charge is 0.407 e. The number of ether oxygens (including phenoxy) is 2. The Morgan fingerprint density at radius 1 is 0.714 bits per heavy atom. The number of aromatic amines is 2. The van der Waals surface area contributed by atoms with Gasteiger partial charge in [0.2, 0.25) is 11.8 Å². The molecule has 4 heterocycles. The van der Waals surface area contributed by atoms with Crippen molar-refractivity contribution in [1.29, 1.82) is 0 Å². The summed E-state index contributed by atoms with van der Waals surface area (Å²) in [6, 6.07) is 19.5. The van der Waals surface area contributed by atoms with E-state index >= 15 is 0 Å². The predicted octanol–water partition coefficient (Wildman–Crippen LogP) is 6.49. The molecule has 8 rings (SSSR count). The molecule has 56 heavy (non-hydrogen) atoms. The Balaban J connectivity index is 0.948. The van der Waals surface area contributed by atoms with Crippen LogP contribution in [-0.4, -0.2) is 92.6 Å². The summed E-state index contributed by atoms with van der Waals surface area (Å²) in [4.78, 5) is 70.2. The van der Waals surface area contributed by atoms with Crippen molar-refractivity contribution in [3.63, 3.8) is 0 Å². The van der Waals surface area contributed by atoms with Crippen LogP contribution in [0.3, 0.4) is 0 Å². The normalized spacial score (nSPS) is 21.2. The summed E-state index contributed by atoms with van der Waals surface area (Å²) in [5.74, 6) is 1.52. The van der Waals surface area contributed by atoms with Crippen LogP contribution in [0.15, 0.2) is 73.1 Å². The van der Waals surface area contributed by atoms with Crippen LogP contribution in [-0.2, 0) is 19.1 Å². The summed E-state index contributed by atoms with van der Waals surface area (Å²) >= 11 is 0. The molecule has 2 aliphatic heterocycles. The SMILES string of the molecule is COC(=O)N[C@@H](C)C(=O)N1CCC[C@H]1c1ncc(-c2ccc(-c3ccc4cc(-c5cnc([C@@H]6[C@@H]7CC[C@H](C7)N6C(=O)[C@H](C)NC(=O)OC)[nH]5)ccc4c3)cc2)[nH]1. The lowest BCUT2D eigenvalue weighted by Gasteiger charge is -2.36. The second-order valence-corrected chi connectivity index (χ2v) is 15.0. The van der Waals surface area contributed by atoms with Crippen molar-refractivity contribution in [3.8, 4) is 33.6 Å². The zero-order chi connectivity index (χ0) is 39.1. The number of nitrogens with one attached hydrogen (secondary N) is 4. The van der Waals surface area contributed by atoms with E-state index < -0.39 is 24.3 Å². The molecule has 2 saturated heterocycles. The fourth-order valence-corrected chi connectivity index (χ4v) is 8.76. The number of piperidine rings is 1. The molecule has 3 aromatic carbocycles. The van der Waals surface area contributed by atoms with Gasteiger partial charge in [0.25, 0.3) is 0 Å². The molecule has 4 amide bonds. The molecule has 1 saturated carbocycles. The van der Waals surface area contributed by atoms with E-state index in [1.54, 1.807) is 24.9 Å². The van der Waals surface area contributed by atoms with E-state index in [0.29, 0.717) is 12.5 Å². The van der Waals surface area contributed by atoms with E-state index in [4.69, 9.17) is 9.72 Å². The molecule has 0 spiro atoms. The van der Waals surface area contributed by atoms with E-state index in [2.05, 4.69) is 91.0 Å². The zero-order valence-electron chi connectivity index (χ0n) is 31.9. The second kappa shape index (κ2) is 15.2. The molecule has 14 heteroatoms. The van der Waals surface area contributed by atoms with Crippen LogP contribution in [0.1, 0.15) is 69.7 Å². The number of carbonyl (C=O) groups is 4. The van der Waals surface area contributed by atoms with Crippen LogP contribution in [0, 0.1) is 5.92 Å². The molecule has 5 aromatic rings. The molecule has 1 aliphatic carbocycles. The first-order valence-electron chi connectivity index (χ1n) is 19.2. The lowest BCUT2D eigenvalue weighted by Crippen LogP contribution is -2.50. The maximum absolute atomic E-state index is 13.5. The molecule has 6 atom stereocenters. The number of methoxy groups -OCH3 is 2. The lowest BCUT2D eigenvalue weighted by molar-refractivity contribution is -0.137. The first-order chi connectivity index (χ1) is 27.1. The number of carbonyl (C=O) groups excluding carboxylic acids is 4. The van der Waals surface area contributed by atoms with E-state index in [1.807, 2.05) is 11.1 Å². The van der Waals surface area contributed by atoms with E-state index in [-0.39, 0.29) is 29.9 Å². The van der Waals surface area contributed by atoms with Gasteiger partial charge in [-0.1, -0.05) is 48.5 Å². The predicted molar refractivity (Wildman–Crippen MR) is 209 cm³/mol. The summed E-state index contributed by atoms with van der Waals surface area (Å²) in [6.07, 6.45) is 6.96. The molecule has 3 aliphatic rings. The number of imidazole rings is 2. The van der Waals surface area contributed by atoms with Gasteiger partial charge in [-0.2, -0.15) is 0 Å². The molecule has 4 N–H and O–H groups in total. The fourth-order valence-electron chi connectivity index (χ4n) is 8.76. The lowest BCUT2D eigenvalue weighted by atomic mass is 9.97. The van der Waals surface area contributed by atoms with Gasteiger partial charge in [-0.3, -0.25) is 9.59 Å². The van der Waals surface area contributed by atoms with Crippen LogP contribution in [0.5, 0.6) is 0 Å². The largest absolute Gasteiger partial charge is 0.453 e. The number of rotatable bonds is 9. The standard InChI is InChI=1S/C42H46N8O6/c1-23(45-41(53)55-3)39(51)49-17-5-6-35(49)37-43-21-33(47-37)26-9-7-25(8-10-26)27-11-12-29-19-30(14-13-28(29)18-27)34-22-44-38(48-34)36-31-15-16-32(20-31)50(36)40(52)24(2)46-42(54)56-4/h7-14,18-19,21-24,31-32,35-36H,5-6,15-17,20H2,1-4H3,(H,43,47)(H,44,48)(H,45,53)(H,46,54)/t23-,24-,31+,32+,35-,36-/m0/s1. The number of aromatic nitrogens is 4. The third-order valence-electron chi connectivity index (χ3n) is 11.6. The van der Waals surface area contributed by atoms with Crippen molar-refractivity contribution in [2.24, 2.45) is 5.92 Å². The highest BCUT2D eigenvalue weighted by Crippen LogP contribution is 2.50. The third kappa shape index (κ3) is 6.95. The van der Waals surface area contributed by atoms with E-state index in [9.17, 15) is 19.2 Å². The molecule has 290 valence electrons. The Bertz CT molecular complexity index is 2280. The van der Waals surface area contributed by atoms with Gasteiger partial charge in [0.15, 0.2) is 0 Å². The van der Waals surface area contributed by atoms with Gasteiger partial charge < -0.3 is 39.9 Å². The van der Waals surface area contributed by atoms with Crippen LogP contribution >= 0.6 is 0 Å². The molecular formula is C42H46N8O6. The highest BCUT2D eigenvalue weighted by molar-refractivity contribution is 5.91. The Kier molecular flexibility index (Phi) is 9.96. The number of alkyl carbamates (subject to hydrolysis) is 2. The second-order valence-electron chi connectivity index (χ2n) is 15.0. The summed E-state index contributed by atoms with van der Waals surface area (Å²) in [7, 11) is 2.56. The summed E-state index contributed by atoms with van der Waals surface area (Å²) in [5.41, 5.74) is 5.92. The minimum absolute atomic E-state index is 0.124. The van der Waals surface area contributed by atoms with Crippen molar-refractivity contribution < 1.29 is 28.7 Å². The van der Waals surface area contributed by atoms with Gasteiger partial charge in [-0.15, -0.1) is 0 Å². The molecule has 2 aromatic heterocycles. The highest BCUT2D eigenvalue weighted by atomic mass is 16.5. The number of benzene rings is 3. The Morgan fingerprint density at radius 3 is 1.98 bits per heavy atom. The summed E-state index contributed by atoms with van der Waals surface area (Å²) < 4.78 is 9.37. The van der Waals surface area contributed by atoms with Crippen LogP contribution in [0.25, 0.3) is 44.4 Å². The molecule has 0 unspecified atom stereocenters. The molecule has 2 bridgehead atoms. The first kappa shape index (κ1) is 36.8. The summed E-state index contributed by atoms with van der Waals surface area (Å²) in [6.45, 7) is 3.95. The number of fused-ring (bicyclic) bond motifs is 3. The zero-order valence-corrected chi connectivity index (χ0v) is 31.9. The van der Waals surface area contributed by atoms with Crippen molar-refractivity contribution in [1.82, 2.24) is 40.4 Å². The third-order valence-corrected chi connectivity index (χ3v) is 11.6. The van der Waals surface area contributed by atoms with Gasteiger partial charge >= 0.3 is 12.2 Å². The average molecular weight is 759 g/mol. The van der Waals surface area contributed by atoms with Crippen LogP contribution in [0.2, 0.25) is 0 Å². The molecule has 3 fully saturated rings. The minimum atomic E-state index is -0.704. The monoisotopic (exact) mass is 758 g/mol. The van der Waals surface area contributed by atoms with Crippen LogP contribution < -0.4 is 10.6 Å². The van der Waals surface area contributed by atoms with Gasteiger partial charge in [-0.05, 0) is 91.5 Å². The number of likely N-dealkylation sites (tertiary alicyclic amines) is 2. The van der Waals surface area contributed by atoms with E-state index in [1.165, 1.54) is 14.2 Å².